The van der Waals surface area contributed by atoms with E-state index in [1.807, 2.05) is 11.0 Å². The number of para-hydroxylation sites is 1. The van der Waals surface area contributed by atoms with Gasteiger partial charge in [-0.3, -0.25) is 0 Å². The van der Waals surface area contributed by atoms with E-state index in [1.165, 1.54) is 6.07 Å². The quantitative estimate of drug-likeness (QED) is 0.712. The summed E-state index contributed by atoms with van der Waals surface area (Å²) in [5.41, 5.74) is 1.49. The van der Waals surface area contributed by atoms with Gasteiger partial charge in [-0.2, -0.15) is 0 Å². The third-order valence-corrected chi connectivity index (χ3v) is 2.17. The van der Waals surface area contributed by atoms with Gasteiger partial charge in [0.15, 0.2) is 0 Å². The monoisotopic (exact) mass is 179 g/mol. The molecule has 69 valence electrons. The third-order valence-electron chi connectivity index (χ3n) is 2.17. The molecule has 0 unspecified atom stereocenters. The Balaban J connectivity index is 2.43. The lowest BCUT2D eigenvalue weighted by Crippen LogP contribution is -2.25. The standard InChI is InChI=1S/C10H12FN2/c1-7(2)13-6-12-10-8(11)4-3-5-9(10)13/h3-7,12H,1-2H3. The highest BCUT2D eigenvalue weighted by Gasteiger charge is 2.23. The minimum Gasteiger partial charge on any atom is -0.358 e. The molecule has 1 aliphatic heterocycles. The number of hydrogen-bond donors (Lipinski definition) is 1. The van der Waals surface area contributed by atoms with Crippen molar-refractivity contribution in [2.75, 3.05) is 10.2 Å². The van der Waals surface area contributed by atoms with Crippen molar-refractivity contribution in [3.63, 3.8) is 0 Å². The fraction of sp³-hybridized carbons (Fsp3) is 0.300. The van der Waals surface area contributed by atoms with Crippen molar-refractivity contribution in [2.45, 2.75) is 19.9 Å². The topological polar surface area (TPSA) is 15.3 Å². The number of rotatable bonds is 1. The fourth-order valence-electron chi connectivity index (χ4n) is 1.50. The Morgan fingerprint density at radius 2 is 2.15 bits per heavy atom. The zero-order valence-electron chi connectivity index (χ0n) is 7.71. The van der Waals surface area contributed by atoms with Gasteiger partial charge >= 0.3 is 0 Å². The van der Waals surface area contributed by atoms with Crippen LogP contribution in [0, 0.1) is 12.5 Å². The Kier molecular flexibility index (Phi) is 1.87. The van der Waals surface area contributed by atoms with Crippen molar-refractivity contribution in [1.29, 1.82) is 0 Å². The van der Waals surface area contributed by atoms with E-state index in [1.54, 1.807) is 12.7 Å². The zero-order chi connectivity index (χ0) is 9.42. The molecule has 1 aromatic carbocycles. The van der Waals surface area contributed by atoms with Gasteiger partial charge in [0.1, 0.15) is 12.5 Å². The minimum atomic E-state index is -0.197. The first-order valence-electron chi connectivity index (χ1n) is 4.37. The van der Waals surface area contributed by atoms with Gasteiger partial charge < -0.3 is 10.2 Å². The highest BCUT2D eigenvalue weighted by Crippen LogP contribution is 2.35. The van der Waals surface area contributed by atoms with Gasteiger partial charge in [0.2, 0.25) is 0 Å². The maximum absolute atomic E-state index is 13.2. The number of nitrogens with zero attached hydrogens (tertiary/aromatic N) is 1. The lowest BCUT2D eigenvalue weighted by atomic mass is 10.2. The molecule has 0 spiro atoms. The van der Waals surface area contributed by atoms with Crippen LogP contribution in [-0.2, 0) is 0 Å². The summed E-state index contributed by atoms with van der Waals surface area (Å²) in [5.74, 6) is -0.197. The van der Waals surface area contributed by atoms with Crippen molar-refractivity contribution in [3.8, 4) is 0 Å². The summed E-state index contributed by atoms with van der Waals surface area (Å²) >= 11 is 0. The Morgan fingerprint density at radius 3 is 2.85 bits per heavy atom. The van der Waals surface area contributed by atoms with Crippen LogP contribution in [0.15, 0.2) is 18.2 Å². The molecule has 13 heavy (non-hydrogen) atoms. The second-order valence-corrected chi connectivity index (χ2v) is 3.41. The number of anilines is 2. The van der Waals surface area contributed by atoms with Crippen LogP contribution in [0.4, 0.5) is 15.8 Å². The number of hydrogen-bond acceptors (Lipinski definition) is 2. The molecule has 0 aromatic heterocycles. The fourth-order valence-corrected chi connectivity index (χ4v) is 1.50. The number of benzene rings is 1. The molecule has 2 nitrogen and oxygen atoms in total. The first-order valence-corrected chi connectivity index (χ1v) is 4.37. The van der Waals surface area contributed by atoms with Crippen LogP contribution in [0.5, 0.6) is 0 Å². The third kappa shape index (κ3) is 1.24. The molecule has 1 aromatic rings. The predicted octanol–water partition coefficient (Wildman–Crippen LogP) is 2.59. The number of halogens is 1. The van der Waals surface area contributed by atoms with Gasteiger partial charge in [-0.15, -0.1) is 0 Å². The molecule has 2 rings (SSSR count). The molecular weight excluding hydrogens is 167 g/mol. The van der Waals surface area contributed by atoms with Gasteiger partial charge in [-0.1, -0.05) is 6.07 Å². The van der Waals surface area contributed by atoms with Gasteiger partial charge in [-0.25, -0.2) is 4.39 Å². The predicted molar refractivity (Wildman–Crippen MR) is 51.9 cm³/mol. The Hall–Kier alpha value is -1.25. The summed E-state index contributed by atoms with van der Waals surface area (Å²) in [6.45, 7) is 5.94. The largest absolute Gasteiger partial charge is 0.358 e. The van der Waals surface area contributed by atoms with E-state index in [2.05, 4.69) is 19.2 Å². The van der Waals surface area contributed by atoms with E-state index < -0.39 is 0 Å². The van der Waals surface area contributed by atoms with E-state index in [9.17, 15) is 4.39 Å². The van der Waals surface area contributed by atoms with Crippen LogP contribution in [0.1, 0.15) is 13.8 Å². The summed E-state index contributed by atoms with van der Waals surface area (Å²) in [7, 11) is 0. The molecular formula is C10H12FN2. The molecule has 0 fully saturated rings. The van der Waals surface area contributed by atoms with Crippen molar-refractivity contribution >= 4 is 11.4 Å². The summed E-state index contributed by atoms with van der Waals surface area (Å²) in [6, 6.07) is 5.44. The summed E-state index contributed by atoms with van der Waals surface area (Å²) < 4.78 is 13.2. The first kappa shape index (κ1) is 8.35. The van der Waals surface area contributed by atoms with Crippen LogP contribution >= 0.6 is 0 Å². The van der Waals surface area contributed by atoms with Gasteiger partial charge in [0, 0.05) is 6.04 Å². The maximum Gasteiger partial charge on any atom is 0.148 e. The molecule has 0 saturated carbocycles. The molecule has 1 aliphatic rings. The molecule has 0 saturated heterocycles. The lowest BCUT2D eigenvalue weighted by Gasteiger charge is -2.21. The van der Waals surface area contributed by atoms with Crippen molar-refractivity contribution in [2.24, 2.45) is 0 Å². The van der Waals surface area contributed by atoms with Crippen LogP contribution < -0.4 is 10.2 Å². The molecule has 0 aliphatic carbocycles. The van der Waals surface area contributed by atoms with E-state index in [0.717, 1.165) is 5.69 Å². The lowest BCUT2D eigenvalue weighted by molar-refractivity contribution is 0.633. The van der Waals surface area contributed by atoms with Crippen LogP contribution in [0.2, 0.25) is 0 Å². The average Bonchev–Trinajstić information content (AvgIpc) is 2.48. The molecule has 3 heteroatoms. The van der Waals surface area contributed by atoms with E-state index in [-0.39, 0.29) is 5.82 Å². The normalized spacial score (nSPS) is 14.6. The number of fused-ring (bicyclic) bond motifs is 1. The SMILES string of the molecule is CC(C)N1[CH]Nc2c(F)cccc21. The summed E-state index contributed by atoms with van der Waals surface area (Å²) in [4.78, 5) is 2.01. The van der Waals surface area contributed by atoms with E-state index in [4.69, 9.17) is 0 Å². The van der Waals surface area contributed by atoms with Crippen LogP contribution in [0.3, 0.4) is 0 Å². The van der Waals surface area contributed by atoms with Gasteiger partial charge in [0.05, 0.1) is 11.4 Å². The second-order valence-electron chi connectivity index (χ2n) is 3.41. The van der Waals surface area contributed by atoms with Gasteiger partial charge in [-0.05, 0) is 26.0 Å². The Bertz CT molecular complexity index is 323. The molecule has 0 amide bonds. The zero-order valence-corrected chi connectivity index (χ0v) is 7.71. The average molecular weight is 179 g/mol. The highest BCUT2D eigenvalue weighted by molar-refractivity contribution is 5.77. The second kappa shape index (κ2) is 2.91. The number of nitrogens with one attached hydrogen (secondary N) is 1. The molecule has 0 atom stereocenters. The Labute approximate surface area is 77.4 Å². The maximum atomic E-state index is 13.2. The molecule has 1 radical (unpaired) electrons. The summed E-state index contributed by atoms with van der Waals surface area (Å²) in [5, 5.41) is 2.93. The summed E-state index contributed by atoms with van der Waals surface area (Å²) in [6.07, 6.45) is 0. The van der Waals surface area contributed by atoms with Crippen molar-refractivity contribution < 1.29 is 4.39 Å². The Morgan fingerprint density at radius 1 is 1.38 bits per heavy atom. The smallest absolute Gasteiger partial charge is 0.148 e. The van der Waals surface area contributed by atoms with Gasteiger partial charge in [0.25, 0.3) is 0 Å². The molecule has 0 bridgehead atoms. The van der Waals surface area contributed by atoms with Crippen molar-refractivity contribution in [3.05, 3.63) is 30.7 Å². The van der Waals surface area contributed by atoms with Crippen LogP contribution in [0.25, 0.3) is 0 Å². The van der Waals surface area contributed by atoms with E-state index >= 15 is 0 Å². The minimum absolute atomic E-state index is 0.197. The first-order chi connectivity index (χ1) is 6.20. The van der Waals surface area contributed by atoms with Crippen LogP contribution in [-0.4, -0.2) is 6.04 Å². The van der Waals surface area contributed by atoms with Crippen molar-refractivity contribution in [1.82, 2.24) is 0 Å². The highest BCUT2D eigenvalue weighted by atomic mass is 19.1. The molecule has 1 heterocycles. The van der Waals surface area contributed by atoms with E-state index in [0.29, 0.717) is 11.7 Å². The molecule has 1 N–H and O–H groups in total.